The molecule has 236 valence electrons. The molecule has 4 aromatic carbocycles. The summed E-state index contributed by atoms with van der Waals surface area (Å²) < 4.78 is 49.3. The van der Waals surface area contributed by atoms with E-state index in [1.807, 2.05) is 44.2 Å². The number of para-hydroxylation sites is 1. The van der Waals surface area contributed by atoms with Crippen molar-refractivity contribution in [2.45, 2.75) is 50.2 Å². The normalized spacial score (nSPS) is 12.5. The largest absolute Gasteiger partial charge is 0.497 e. The molecular formula is C35H38FN3O5S. The average molecular weight is 632 g/mol. The van der Waals surface area contributed by atoms with Gasteiger partial charge in [-0.05, 0) is 60.9 Å². The highest BCUT2D eigenvalue weighted by Crippen LogP contribution is 2.27. The fourth-order valence-electron chi connectivity index (χ4n) is 4.85. The van der Waals surface area contributed by atoms with Gasteiger partial charge in [-0.2, -0.15) is 0 Å². The zero-order valence-corrected chi connectivity index (χ0v) is 26.4. The van der Waals surface area contributed by atoms with Crippen LogP contribution in [0.25, 0.3) is 0 Å². The fraction of sp³-hybridized carbons (Fsp3) is 0.257. The summed E-state index contributed by atoms with van der Waals surface area (Å²) in [5.41, 5.74) is 1.20. The summed E-state index contributed by atoms with van der Waals surface area (Å²) in [5, 5.41) is 2.99. The van der Waals surface area contributed by atoms with Crippen LogP contribution in [-0.2, 0) is 32.6 Å². The van der Waals surface area contributed by atoms with E-state index in [1.54, 1.807) is 42.5 Å². The van der Waals surface area contributed by atoms with Gasteiger partial charge in [0.05, 0.1) is 17.7 Å². The Morgan fingerprint density at radius 2 is 1.49 bits per heavy atom. The highest BCUT2D eigenvalue weighted by atomic mass is 32.2. The first-order chi connectivity index (χ1) is 21.6. The van der Waals surface area contributed by atoms with E-state index < -0.39 is 34.3 Å². The van der Waals surface area contributed by atoms with E-state index in [0.29, 0.717) is 17.7 Å². The monoisotopic (exact) mass is 631 g/mol. The number of hydrogen-bond donors (Lipinski definition) is 1. The highest BCUT2D eigenvalue weighted by molar-refractivity contribution is 7.92. The van der Waals surface area contributed by atoms with Crippen molar-refractivity contribution in [1.82, 2.24) is 10.2 Å². The van der Waals surface area contributed by atoms with Crippen LogP contribution in [0.3, 0.4) is 0 Å². The van der Waals surface area contributed by atoms with Gasteiger partial charge < -0.3 is 15.0 Å². The zero-order valence-electron chi connectivity index (χ0n) is 25.6. The van der Waals surface area contributed by atoms with Crippen molar-refractivity contribution in [3.63, 3.8) is 0 Å². The first-order valence-electron chi connectivity index (χ1n) is 14.7. The average Bonchev–Trinajstić information content (AvgIpc) is 3.06. The lowest BCUT2D eigenvalue weighted by atomic mass is 10.0. The molecule has 0 spiro atoms. The molecule has 0 aromatic heterocycles. The molecule has 1 N–H and O–H groups in total. The summed E-state index contributed by atoms with van der Waals surface area (Å²) in [5.74, 6) is -1.31. The first-order valence-corrected chi connectivity index (χ1v) is 16.2. The van der Waals surface area contributed by atoms with Crippen LogP contribution in [0.15, 0.2) is 114 Å². The molecule has 0 aliphatic carbocycles. The number of ether oxygens (including phenoxy) is 1. The minimum Gasteiger partial charge on any atom is -0.497 e. The van der Waals surface area contributed by atoms with E-state index in [4.69, 9.17) is 4.74 Å². The molecule has 8 nitrogen and oxygen atoms in total. The molecule has 0 aliphatic rings. The highest BCUT2D eigenvalue weighted by Gasteiger charge is 2.35. The predicted octanol–water partition coefficient (Wildman–Crippen LogP) is 5.58. The molecule has 4 aromatic rings. The van der Waals surface area contributed by atoms with E-state index in [9.17, 15) is 18.0 Å². The molecule has 2 amide bonds. The van der Waals surface area contributed by atoms with Gasteiger partial charge in [0, 0.05) is 19.0 Å². The lowest BCUT2D eigenvalue weighted by molar-refractivity contribution is -0.140. The van der Waals surface area contributed by atoms with Crippen molar-refractivity contribution in [2.75, 3.05) is 18.0 Å². The Hall–Kier alpha value is -4.70. The van der Waals surface area contributed by atoms with E-state index in [-0.39, 0.29) is 35.5 Å². The molecule has 0 unspecified atom stereocenters. The standard InChI is InChI=1S/C35H38FN3O5S/c1-4-26(2)37-35(41)33(23-27-14-7-5-8-15-27)38(24-28-16-13-17-29(22-28)44-3)34(40)25-39(32-21-12-11-20-31(32)36)45(42,43)30-18-9-6-10-19-30/h5-22,26,33H,4,23-25H2,1-3H3,(H,37,41)/t26-,33+/m1/s1. The number of methoxy groups -OCH3 is 1. The summed E-state index contributed by atoms with van der Waals surface area (Å²) in [6.07, 6.45) is 0.841. The molecule has 2 atom stereocenters. The Morgan fingerprint density at radius 3 is 2.13 bits per heavy atom. The molecule has 45 heavy (non-hydrogen) atoms. The van der Waals surface area contributed by atoms with Crippen LogP contribution in [0.4, 0.5) is 10.1 Å². The molecule has 10 heteroatoms. The molecule has 0 heterocycles. The number of sulfonamides is 1. The van der Waals surface area contributed by atoms with Crippen LogP contribution in [-0.4, -0.2) is 50.9 Å². The smallest absolute Gasteiger partial charge is 0.264 e. The molecule has 0 radical (unpaired) electrons. The predicted molar refractivity (Wildman–Crippen MR) is 173 cm³/mol. The van der Waals surface area contributed by atoms with Crippen molar-refractivity contribution < 1.29 is 27.1 Å². The van der Waals surface area contributed by atoms with E-state index in [0.717, 1.165) is 15.9 Å². The topological polar surface area (TPSA) is 96.0 Å². The van der Waals surface area contributed by atoms with Gasteiger partial charge in [-0.25, -0.2) is 12.8 Å². The molecular weight excluding hydrogens is 593 g/mol. The third-order valence-electron chi connectivity index (χ3n) is 7.49. The third kappa shape index (κ3) is 8.48. The fourth-order valence-corrected chi connectivity index (χ4v) is 6.29. The lowest BCUT2D eigenvalue weighted by Crippen LogP contribution is -2.54. The van der Waals surface area contributed by atoms with Crippen LogP contribution in [0.2, 0.25) is 0 Å². The Balaban J connectivity index is 1.82. The quantitative estimate of drug-likeness (QED) is 0.196. The summed E-state index contributed by atoms with van der Waals surface area (Å²) in [4.78, 5) is 29.6. The van der Waals surface area contributed by atoms with Crippen molar-refractivity contribution in [1.29, 1.82) is 0 Å². The number of amides is 2. The van der Waals surface area contributed by atoms with Crippen molar-refractivity contribution >= 4 is 27.5 Å². The van der Waals surface area contributed by atoms with Gasteiger partial charge in [0.25, 0.3) is 10.0 Å². The molecule has 4 rings (SSSR count). The molecule has 0 bridgehead atoms. The van der Waals surface area contributed by atoms with Crippen molar-refractivity contribution in [3.05, 3.63) is 126 Å². The van der Waals surface area contributed by atoms with Crippen LogP contribution in [0.5, 0.6) is 5.75 Å². The summed E-state index contributed by atoms with van der Waals surface area (Å²) in [6, 6.07) is 28.1. The number of benzene rings is 4. The van der Waals surface area contributed by atoms with E-state index >= 15 is 4.39 Å². The Kier molecular flexibility index (Phi) is 11.3. The molecule has 0 fully saturated rings. The van der Waals surface area contributed by atoms with Gasteiger partial charge in [-0.15, -0.1) is 0 Å². The molecule has 0 saturated heterocycles. The minimum atomic E-state index is -4.39. The Bertz CT molecular complexity index is 1690. The second kappa shape index (κ2) is 15.3. The second-order valence-corrected chi connectivity index (χ2v) is 12.5. The maximum absolute atomic E-state index is 15.2. The Morgan fingerprint density at radius 1 is 0.867 bits per heavy atom. The van der Waals surface area contributed by atoms with Gasteiger partial charge in [0.1, 0.15) is 24.2 Å². The first kappa shape index (κ1) is 33.2. The van der Waals surface area contributed by atoms with Crippen LogP contribution in [0.1, 0.15) is 31.4 Å². The second-order valence-electron chi connectivity index (χ2n) is 10.7. The van der Waals surface area contributed by atoms with E-state index in [2.05, 4.69) is 5.32 Å². The lowest BCUT2D eigenvalue weighted by Gasteiger charge is -2.34. The number of carbonyl (C=O) groups excluding carboxylic acids is 2. The number of halogens is 1. The Labute approximate surface area is 264 Å². The van der Waals surface area contributed by atoms with Crippen LogP contribution in [0, 0.1) is 5.82 Å². The zero-order chi connectivity index (χ0) is 32.4. The molecule has 0 aliphatic heterocycles. The summed E-state index contributed by atoms with van der Waals surface area (Å²) >= 11 is 0. The van der Waals surface area contributed by atoms with Gasteiger partial charge in [-0.1, -0.05) is 79.7 Å². The summed E-state index contributed by atoms with van der Waals surface area (Å²) in [7, 11) is -2.86. The number of hydrogen-bond acceptors (Lipinski definition) is 5. The van der Waals surface area contributed by atoms with Crippen molar-refractivity contribution in [2.24, 2.45) is 0 Å². The number of carbonyl (C=O) groups is 2. The van der Waals surface area contributed by atoms with Gasteiger partial charge in [0.2, 0.25) is 11.8 Å². The minimum absolute atomic E-state index is 0.0298. The maximum atomic E-state index is 15.2. The third-order valence-corrected chi connectivity index (χ3v) is 9.26. The van der Waals surface area contributed by atoms with Gasteiger partial charge >= 0.3 is 0 Å². The molecule has 0 saturated carbocycles. The van der Waals surface area contributed by atoms with Gasteiger partial charge in [0.15, 0.2) is 0 Å². The number of anilines is 1. The van der Waals surface area contributed by atoms with E-state index in [1.165, 1.54) is 42.3 Å². The maximum Gasteiger partial charge on any atom is 0.264 e. The van der Waals surface area contributed by atoms with Crippen LogP contribution < -0.4 is 14.4 Å². The SMILES string of the molecule is CC[C@@H](C)NC(=O)[C@H](Cc1ccccc1)N(Cc1cccc(OC)c1)C(=O)CN(c1ccccc1F)S(=O)(=O)c1ccccc1. The van der Waals surface area contributed by atoms with Crippen molar-refractivity contribution in [3.8, 4) is 5.75 Å². The van der Waals surface area contributed by atoms with Crippen LogP contribution >= 0.6 is 0 Å². The number of nitrogens with zero attached hydrogens (tertiary/aromatic N) is 2. The van der Waals surface area contributed by atoms with Gasteiger partial charge in [-0.3, -0.25) is 13.9 Å². The number of nitrogens with one attached hydrogen (secondary N) is 1. The number of rotatable bonds is 14. The summed E-state index contributed by atoms with van der Waals surface area (Å²) in [6.45, 7) is 3.04.